The first-order chi connectivity index (χ1) is 9.28. The molecule has 0 saturated heterocycles. The second kappa shape index (κ2) is 6.76. The van der Waals surface area contributed by atoms with Crippen molar-refractivity contribution < 1.29 is 4.74 Å². The standard InChI is InChI=1S/C14H12BrN3O/c15-12-6-11(8-17-10-12)9-18-13-2-1-3-14(7-13)19-5-4-16/h1-3,6-8,10,18H,5,9H2. The van der Waals surface area contributed by atoms with Gasteiger partial charge < -0.3 is 10.1 Å². The van der Waals surface area contributed by atoms with Crippen molar-refractivity contribution in [2.24, 2.45) is 0 Å². The van der Waals surface area contributed by atoms with Crippen LogP contribution < -0.4 is 10.1 Å². The smallest absolute Gasteiger partial charge is 0.174 e. The molecule has 0 atom stereocenters. The molecule has 19 heavy (non-hydrogen) atoms. The van der Waals surface area contributed by atoms with Crippen LogP contribution in [0.15, 0.2) is 47.2 Å². The molecule has 0 spiro atoms. The maximum Gasteiger partial charge on any atom is 0.174 e. The van der Waals surface area contributed by atoms with Crippen LogP contribution in [0.1, 0.15) is 5.56 Å². The molecule has 0 radical (unpaired) electrons. The molecule has 0 bridgehead atoms. The lowest BCUT2D eigenvalue weighted by atomic mass is 10.2. The van der Waals surface area contributed by atoms with Crippen LogP contribution in [0.25, 0.3) is 0 Å². The summed E-state index contributed by atoms with van der Waals surface area (Å²) in [4.78, 5) is 4.11. The van der Waals surface area contributed by atoms with Gasteiger partial charge in [-0.15, -0.1) is 0 Å². The predicted octanol–water partition coefficient (Wildman–Crippen LogP) is 3.36. The second-order valence-electron chi connectivity index (χ2n) is 3.84. The van der Waals surface area contributed by atoms with Crippen LogP contribution in [0.2, 0.25) is 0 Å². The molecule has 5 heteroatoms. The number of nitriles is 1. The van der Waals surface area contributed by atoms with Crippen molar-refractivity contribution in [3.8, 4) is 11.8 Å². The first kappa shape index (κ1) is 13.4. The van der Waals surface area contributed by atoms with E-state index in [2.05, 4.69) is 26.2 Å². The van der Waals surface area contributed by atoms with Crippen molar-refractivity contribution in [3.63, 3.8) is 0 Å². The third kappa shape index (κ3) is 4.27. The van der Waals surface area contributed by atoms with Gasteiger partial charge in [-0.3, -0.25) is 4.98 Å². The third-order valence-electron chi connectivity index (χ3n) is 2.40. The first-order valence-electron chi connectivity index (χ1n) is 5.71. The fraction of sp³-hybridized carbons (Fsp3) is 0.143. The van der Waals surface area contributed by atoms with Crippen LogP contribution in [0.4, 0.5) is 5.69 Å². The molecule has 0 aliphatic carbocycles. The molecule has 2 rings (SSSR count). The molecular formula is C14H12BrN3O. The highest BCUT2D eigenvalue weighted by Crippen LogP contribution is 2.18. The predicted molar refractivity (Wildman–Crippen MR) is 76.8 cm³/mol. The minimum atomic E-state index is 0.0546. The van der Waals surface area contributed by atoms with Crippen LogP contribution in [0.5, 0.6) is 5.75 Å². The summed E-state index contributed by atoms with van der Waals surface area (Å²) in [5.41, 5.74) is 2.02. The summed E-state index contributed by atoms with van der Waals surface area (Å²) < 4.78 is 6.20. The Morgan fingerprint density at radius 1 is 1.32 bits per heavy atom. The lowest BCUT2D eigenvalue weighted by Gasteiger charge is -2.08. The maximum atomic E-state index is 8.47. The fourth-order valence-electron chi connectivity index (χ4n) is 1.57. The molecule has 0 unspecified atom stereocenters. The topological polar surface area (TPSA) is 57.9 Å². The van der Waals surface area contributed by atoms with Crippen LogP contribution >= 0.6 is 15.9 Å². The van der Waals surface area contributed by atoms with Crippen molar-refractivity contribution in [2.75, 3.05) is 11.9 Å². The monoisotopic (exact) mass is 317 g/mol. The Balaban J connectivity index is 1.98. The summed E-state index contributed by atoms with van der Waals surface area (Å²) in [6.07, 6.45) is 3.56. The van der Waals surface area contributed by atoms with Gasteiger partial charge in [0.1, 0.15) is 11.8 Å². The number of benzene rings is 1. The number of nitrogens with one attached hydrogen (secondary N) is 1. The van der Waals surface area contributed by atoms with Crippen LogP contribution in [-0.4, -0.2) is 11.6 Å². The van der Waals surface area contributed by atoms with E-state index < -0.39 is 0 Å². The average molecular weight is 318 g/mol. The van der Waals surface area contributed by atoms with Crippen LogP contribution in [0, 0.1) is 11.3 Å². The number of pyridine rings is 1. The lowest BCUT2D eigenvalue weighted by Crippen LogP contribution is -2.00. The number of anilines is 1. The van der Waals surface area contributed by atoms with Gasteiger partial charge in [-0.05, 0) is 39.7 Å². The summed E-state index contributed by atoms with van der Waals surface area (Å²) in [5.74, 6) is 0.680. The van der Waals surface area contributed by atoms with Gasteiger partial charge in [-0.2, -0.15) is 5.26 Å². The fourth-order valence-corrected chi connectivity index (χ4v) is 1.98. The SMILES string of the molecule is N#CCOc1cccc(NCc2cncc(Br)c2)c1. The highest BCUT2D eigenvalue weighted by atomic mass is 79.9. The Morgan fingerprint density at radius 2 is 2.21 bits per heavy atom. The molecule has 0 fully saturated rings. The number of aromatic nitrogens is 1. The Bertz CT molecular complexity index is 595. The van der Waals surface area contributed by atoms with Crippen LogP contribution in [-0.2, 0) is 6.54 Å². The summed E-state index contributed by atoms with van der Waals surface area (Å²) in [7, 11) is 0. The number of hydrogen-bond acceptors (Lipinski definition) is 4. The zero-order chi connectivity index (χ0) is 13.5. The molecule has 0 saturated carbocycles. The first-order valence-corrected chi connectivity index (χ1v) is 6.50. The van der Waals surface area contributed by atoms with Crippen molar-refractivity contribution in [1.29, 1.82) is 5.26 Å². The Hall–Kier alpha value is -2.06. The van der Waals surface area contributed by atoms with E-state index in [1.54, 1.807) is 6.20 Å². The minimum absolute atomic E-state index is 0.0546. The molecule has 0 amide bonds. The van der Waals surface area contributed by atoms with Crippen molar-refractivity contribution in [1.82, 2.24) is 4.98 Å². The molecule has 1 aromatic heterocycles. The minimum Gasteiger partial charge on any atom is -0.479 e. The molecule has 1 aromatic carbocycles. The van der Waals surface area contributed by atoms with Gasteiger partial charge in [0, 0.05) is 35.2 Å². The van der Waals surface area contributed by atoms with E-state index in [1.165, 1.54) is 0 Å². The van der Waals surface area contributed by atoms with E-state index in [1.807, 2.05) is 42.6 Å². The summed E-state index contributed by atoms with van der Waals surface area (Å²) in [6, 6.07) is 11.5. The summed E-state index contributed by atoms with van der Waals surface area (Å²) >= 11 is 3.39. The number of hydrogen-bond donors (Lipinski definition) is 1. The lowest BCUT2D eigenvalue weighted by molar-refractivity contribution is 0.368. The second-order valence-corrected chi connectivity index (χ2v) is 4.76. The van der Waals surface area contributed by atoms with Crippen molar-refractivity contribution in [3.05, 3.63) is 52.8 Å². The number of nitrogens with zero attached hydrogens (tertiary/aromatic N) is 2. The molecule has 1 heterocycles. The molecule has 2 aromatic rings. The largest absolute Gasteiger partial charge is 0.479 e. The zero-order valence-electron chi connectivity index (χ0n) is 10.1. The van der Waals surface area contributed by atoms with Gasteiger partial charge in [-0.1, -0.05) is 6.07 Å². The van der Waals surface area contributed by atoms with Gasteiger partial charge in [0.2, 0.25) is 0 Å². The average Bonchev–Trinajstić information content (AvgIpc) is 2.43. The molecule has 96 valence electrons. The van der Waals surface area contributed by atoms with Gasteiger partial charge in [0.15, 0.2) is 6.61 Å². The highest BCUT2D eigenvalue weighted by molar-refractivity contribution is 9.10. The molecule has 0 aliphatic heterocycles. The highest BCUT2D eigenvalue weighted by Gasteiger charge is 1.98. The van der Waals surface area contributed by atoms with E-state index in [0.717, 1.165) is 15.7 Å². The van der Waals surface area contributed by atoms with Crippen molar-refractivity contribution >= 4 is 21.6 Å². The van der Waals surface area contributed by atoms with Gasteiger partial charge in [-0.25, -0.2) is 0 Å². The normalized spacial score (nSPS) is 9.68. The van der Waals surface area contributed by atoms with E-state index in [9.17, 15) is 0 Å². The number of rotatable bonds is 5. The van der Waals surface area contributed by atoms with Gasteiger partial charge in [0.25, 0.3) is 0 Å². The zero-order valence-corrected chi connectivity index (χ0v) is 11.7. The summed E-state index contributed by atoms with van der Waals surface area (Å²) in [6.45, 7) is 0.729. The van der Waals surface area contributed by atoms with E-state index >= 15 is 0 Å². The Labute approximate surface area is 120 Å². The molecule has 0 aliphatic rings. The third-order valence-corrected chi connectivity index (χ3v) is 2.83. The molecular weight excluding hydrogens is 306 g/mol. The maximum absolute atomic E-state index is 8.47. The van der Waals surface area contributed by atoms with Crippen molar-refractivity contribution in [2.45, 2.75) is 6.54 Å². The Morgan fingerprint density at radius 3 is 3.00 bits per heavy atom. The van der Waals surface area contributed by atoms with E-state index in [-0.39, 0.29) is 6.61 Å². The Kier molecular flexibility index (Phi) is 4.76. The number of halogens is 1. The summed E-state index contributed by atoms with van der Waals surface area (Å²) in [5, 5.41) is 11.8. The van der Waals surface area contributed by atoms with E-state index in [4.69, 9.17) is 10.00 Å². The number of ether oxygens (including phenoxy) is 1. The molecule has 1 N–H and O–H groups in total. The molecule has 4 nitrogen and oxygen atoms in total. The quantitative estimate of drug-likeness (QED) is 0.918. The van der Waals surface area contributed by atoms with E-state index in [0.29, 0.717) is 12.3 Å². The van der Waals surface area contributed by atoms with Crippen LogP contribution in [0.3, 0.4) is 0 Å². The van der Waals surface area contributed by atoms with Gasteiger partial charge in [0.05, 0.1) is 0 Å². The van der Waals surface area contributed by atoms with Gasteiger partial charge >= 0.3 is 0 Å².